The summed E-state index contributed by atoms with van der Waals surface area (Å²) in [6.45, 7) is 7.92. The van der Waals surface area contributed by atoms with Crippen molar-refractivity contribution in [3.05, 3.63) is 77.6 Å². The SMILES string of the molecule is O=C(NCCN1CCCC1)c1cc(-c2ccc(CN3CCOCC3)cc2)nc2ccc(F)cc12.O=C(O)/C=C/C(=O)O. The fraction of sp³-hybridized carbons (Fsp3) is 0.355. The Hall–Kier alpha value is -4.19. The number of ether oxygens (including phenoxy) is 1. The summed E-state index contributed by atoms with van der Waals surface area (Å²) in [5.74, 6) is -3.08. The number of pyridine rings is 1. The van der Waals surface area contributed by atoms with Gasteiger partial charge in [-0.3, -0.25) is 9.69 Å². The predicted octanol–water partition coefficient (Wildman–Crippen LogP) is 3.41. The molecule has 0 saturated carbocycles. The number of nitrogens with one attached hydrogen (secondary N) is 1. The van der Waals surface area contributed by atoms with Crippen LogP contribution in [0.25, 0.3) is 22.2 Å². The minimum atomic E-state index is -1.26. The molecule has 42 heavy (non-hydrogen) atoms. The fourth-order valence-electron chi connectivity index (χ4n) is 4.90. The maximum atomic E-state index is 14.0. The van der Waals surface area contributed by atoms with E-state index in [1.54, 1.807) is 12.1 Å². The van der Waals surface area contributed by atoms with E-state index in [1.165, 1.54) is 30.5 Å². The number of likely N-dealkylation sites (tertiary alicyclic amines) is 1. The summed E-state index contributed by atoms with van der Waals surface area (Å²) in [5, 5.41) is 19.2. The summed E-state index contributed by atoms with van der Waals surface area (Å²) in [6.07, 6.45) is 3.55. The Balaban J connectivity index is 0.000000446. The number of carboxylic acid groups (broad SMARTS) is 2. The van der Waals surface area contributed by atoms with Crippen LogP contribution in [0.1, 0.15) is 28.8 Å². The maximum Gasteiger partial charge on any atom is 0.328 e. The zero-order valence-corrected chi connectivity index (χ0v) is 23.3. The molecule has 11 heteroatoms. The van der Waals surface area contributed by atoms with Crippen molar-refractivity contribution in [1.82, 2.24) is 20.1 Å². The summed E-state index contributed by atoms with van der Waals surface area (Å²) in [4.78, 5) is 41.7. The summed E-state index contributed by atoms with van der Waals surface area (Å²) in [7, 11) is 0. The average molecular weight is 579 g/mol. The largest absolute Gasteiger partial charge is 0.478 e. The normalized spacial score (nSPS) is 15.8. The Kier molecular flexibility index (Phi) is 11.1. The van der Waals surface area contributed by atoms with Crippen LogP contribution in [0.4, 0.5) is 4.39 Å². The number of carboxylic acids is 2. The molecule has 0 atom stereocenters. The number of morpholine rings is 1. The van der Waals surface area contributed by atoms with E-state index in [1.807, 2.05) is 12.1 Å². The fourth-order valence-corrected chi connectivity index (χ4v) is 4.90. The van der Waals surface area contributed by atoms with E-state index in [2.05, 4.69) is 27.2 Å². The third kappa shape index (κ3) is 9.16. The number of carbonyl (C=O) groups is 3. The van der Waals surface area contributed by atoms with Crippen molar-refractivity contribution < 1.29 is 33.7 Å². The summed E-state index contributed by atoms with van der Waals surface area (Å²) in [5.41, 5.74) is 3.94. The second kappa shape index (κ2) is 15.2. The van der Waals surface area contributed by atoms with Crippen molar-refractivity contribution in [2.75, 3.05) is 52.5 Å². The molecule has 2 aromatic carbocycles. The molecule has 0 spiro atoms. The van der Waals surface area contributed by atoms with E-state index < -0.39 is 11.9 Å². The third-order valence-corrected chi connectivity index (χ3v) is 7.06. The highest BCUT2D eigenvalue weighted by Gasteiger charge is 2.17. The average Bonchev–Trinajstić information content (AvgIpc) is 3.50. The van der Waals surface area contributed by atoms with E-state index >= 15 is 0 Å². The van der Waals surface area contributed by atoms with Crippen molar-refractivity contribution >= 4 is 28.7 Å². The smallest absolute Gasteiger partial charge is 0.328 e. The van der Waals surface area contributed by atoms with Crippen molar-refractivity contribution in [2.45, 2.75) is 19.4 Å². The van der Waals surface area contributed by atoms with Crippen LogP contribution in [0, 0.1) is 5.82 Å². The third-order valence-electron chi connectivity index (χ3n) is 7.06. The molecule has 1 amide bonds. The molecule has 2 aliphatic rings. The minimum absolute atomic E-state index is 0.192. The number of aromatic nitrogens is 1. The molecule has 0 bridgehead atoms. The predicted molar refractivity (Wildman–Crippen MR) is 156 cm³/mol. The van der Waals surface area contributed by atoms with Crippen LogP contribution in [-0.4, -0.2) is 95.3 Å². The number of benzene rings is 2. The van der Waals surface area contributed by atoms with Gasteiger partial charge in [-0.25, -0.2) is 19.0 Å². The molecule has 0 radical (unpaired) electrons. The molecule has 2 aliphatic heterocycles. The Bertz CT molecular complexity index is 1400. The Labute approximate surface area is 243 Å². The van der Waals surface area contributed by atoms with Gasteiger partial charge in [0.1, 0.15) is 5.82 Å². The zero-order chi connectivity index (χ0) is 29.9. The van der Waals surface area contributed by atoms with Gasteiger partial charge in [-0.15, -0.1) is 0 Å². The molecule has 222 valence electrons. The molecule has 0 unspecified atom stereocenters. The van der Waals surface area contributed by atoms with Gasteiger partial charge in [-0.05, 0) is 55.8 Å². The Morgan fingerprint density at radius 3 is 2.21 bits per heavy atom. The van der Waals surface area contributed by atoms with E-state index in [0.717, 1.165) is 58.0 Å². The lowest BCUT2D eigenvalue weighted by atomic mass is 10.0. The van der Waals surface area contributed by atoms with E-state index in [9.17, 15) is 18.8 Å². The topological polar surface area (TPSA) is 132 Å². The van der Waals surface area contributed by atoms with Crippen LogP contribution >= 0.6 is 0 Å². The van der Waals surface area contributed by atoms with Gasteiger partial charge in [0, 0.05) is 55.8 Å². The highest BCUT2D eigenvalue weighted by molar-refractivity contribution is 6.07. The molecular formula is C31H35FN4O6. The minimum Gasteiger partial charge on any atom is -0.478 e. The number of halogens is 1. The summed E-state index contributed by atoms with van der Waals surface area (Å²) in [6, 6.07) is 14.5. The maximum absolute atomic E-state index is 14.0. The molecule has 3 heterocycles. The number of hydrogen-bond acceptors (Lipinski definition) is 7. The lowest BCUT2D eigenvalue weighted by Crippen LogP contribution is -2.35. The lowest BCUT2D eigenvalue weighted by molar-refractivity contribution is -0.134. The molecule has 0 aliphatic carbocycles. The highest BCUT2D eigenvalue weighted by atomic mass is 19.1. The number of amides is 1. The van der Waals surface area contributed by atoms with E-state index in [0.29, 0.717) is 40.9 Å². The van der Waals surface area contributed by atoms with Gasteiger partial charge in [0.2, 0.25) is 0 Å². The van der Waals surface area contributed by atoms with Crippen LogP contribution in [0.5, 0.6) is 0 Å². The van der Waals surface area contributed by atoms with Gasteiger partial charge >= 0.3 is 11.9 Å². The number of hydrogen-bond donors (Lipinski definition) is 3. The molecule has 10 nitrogen and oxygen atoms in total. The first-order valence-corrected chi connectivity index (χ1v) is 13.9. The Morgan fingerprint density at radius 1 is 0.905 bits per heavy atom. The van der Waals surface area contributed by atoms with E-state index in [4.69, 9.17) is 19.9 Å². The van der Waals surface area contributed by atoms with Gasteiger partial charge in [0.05, 0.1) is 30.0 Å². The Morgan fingerprint density at radius 2 is 1.57 bits per heavy atom. The molecule has 1 aromatic heterocycles. The van der Waals surface area contributed by atoms with Crippen LogP contribution in [0.3, 0.4) is 0 Å². The number of fused-ring (bicyclic) bond motifs is 1. The van der Waals surface area contributed by atoms with Gasteiger partial charge in [0.25, 0.3) is 5.91 Å². The summed E-state index contributed by atoms with van der Waals surface area (Å²) >= 11 is 0. The summed E-state index contributed by atoms with van der Waals surface area (Å²) < 4.78 is 19.4. The van der Waals surface area contributed by atoms with Crippen LogP contribution in [0.2, 0.25) is 0 Å². The number of aliphatic carboxylic acids is 2. The molecular weight excluding hydrogens is 543 g/mol. The molecule has 3 aromatic rings. The monoisotopic (exact) mass is 578 g/mol. The first-order chi connectivity index (χ1) is 20.3. The van der Waals surface area contributed by atoms with Gasteiger partial charge in [-0.1, -0.05) is 24.3 Å². The second-order valence-corrected chi connectivity index (χ2v) is 10.1. The van der Waals surface area contributed by atoms with Crippen LogP contribution in [0.15, 0.2) is 60.7 Å². The van der Waals surface area contributed by atoms with Crippen LogP contribution < -0.4 is 5.32 Å². The quantitative estimate of drug-likeness (QED) is 0.327. The van der Waals surface area contributed by atoms with Crippen LogP contribution in [-0.2, 0) is 20.9 Å². The van der Waals surface area contributed by atoms with Gasteiger partial charge in [-0.2, -0.15) is 0 Å². The number of rotatable bonds is 9. The molecule has 2 saturated heterocycles. The highest BCUT2D eigenvalue weighted by Crippen LogP contribution is 2.26. The zero-order valence-electron chi connectivity index (χ0n) is 23.3. The molecule has 3 N–H and O–H groups in total. The van der Waals surface area contributed by atoms with Gasteiger partial charge in [0.15, 0.2) is 0 Å². The van der Waals surface area contributed by atoms with Crippen molar-refractivity contribution in [1.29, 1.82) is 0 Å². The second-order valence-electron chi connectivity index (χ2n) is 10.1. The first kappa shape index (κ1) is 30.8. The molecule has 5 rings (SSSR count). The van der Waals surface area contributed by atoms with Crippen molar-refractivity contribution in [3.8, 4) is 11.3 Å². The lowest BCUT2D eigenvalue weighted by Gasteiger charge is -2.26. The number of nitrogens with zero attached hydrogens (tertiary/aromatic N) is 3. The molecule has 2 fully saturated rings. The van der Waals surface area contributed by atoms with Crippen molar-refractivity contribution in [3.63, 3.8) is 0 Å². The number of carbonyl (C=O) groups excluding carboxylic acids is 1. The van der Waals surface area contributed by atoms with Crippen molar-refractivity contribution in [2.24, 2.45) is 0 Å². The standard InChI is InChI=1S/C27H31FN4O2.C4H4O4/c28-22-7-8-25-23(17-22)24(27(33)29-9-12-31-10-1-2-11-31)18-26(30-25)21-5-3-20(4-6-21)19-32-13-15-34-16-14-32;5-3(6)1-2-4(7)8/h3-8,17-18H,1-2,9-16,19H2,(H,29,33);1-2H,(H,5,6)(H,7,8)/b;2-1+. The van der Waals surface area contributed by atoms with E-state index in [-0.39, 0.29) is 11.7 Å². The first-order valence-electron chi connectivity index (χ1n) is 13.9. The van der Waals surface area contributed by atoms with Gasteiger partial charge < -0.3 is 25.2 Å².